The third kappa shape index (κ3) is 7.14. The van der Waals surface area contributed by atoms with Crippen molar-refractivity contribution in [2.45, 2.75) is 23.7 Å². The number of amides is 1. The van der Waals surface area contributed by atoms with Gasteiger partial charge in [0.05, 0.1) is 5.25 Å². The van der Waals surface area contributed by atoms with Gasteiger partial charge in [0.15, 0.2) is 0 Å². The molecule has 0 spiro atoms. The third-order valence-corrected chi connectivity index (χ3v) is 6.47. The average molecular weight is 414 g/mol. The lowest BCUT2D eigenvalue weighted by molar-refractivity contribution is -0.120. The molecule has 0 aliphatic carbocycles. The molecule has 1 amide bonds. The molecule has 0 fully saturated rings. The normalized spacial score (nSPS) is 12.0. The van der Waals surface area contributed by atoms with Crippen LogP contribution in [0.5, 0.6) is 0 Å². The number of carbonyl (C=O) groups is 1. The molecule has 0 saturated heterocycles. The highest BCUT2D eigenvalue weighted by Crippen LogP contribution is 2.28. The molecule has 1 N–H and O–H groups in total. The molecule has 0 aromatic heterocycles. The minimum Gasteiger partial charge on any atom is -0.354 e. The van der Waals surface area contributed by atoms with Crippen molar-refractivity contribution in [3.63, 3.8) is 0 Å². The van der Waals surface area contributed by atoms with Crippen LogP contribution in [0.25, 0.3) is 0 Å². The predicted molar refractivity (Wildman–Crippen MR) is 113 cm³/mol. The van der Waals surface area contributed by atoms with Gasteiger partial charge in [0.25, 0.3) is 0 Å². The number of rotatable bonds is 9. The summed E-state index contributed by atoms with van der Waals surface area (Å²) in [6.07, 6.45) is 0. The van der Waals surface area contributed by atoms with Crippen molar-refractivity contribution in [3.8, 4) is 0 Å². The second-order valence-electron chi connectivity index (χ2n) is 5.48. The average Bonchev–Trinajstić information content (AvgIpc) is 2.62. The summed E-state index contributed by atoms with van der Waals surface area (Å²) in [5.41, 5.74) is 2.19. The lowest BCUT2D eigenvalue weighted by atomic mass is 10.2. The molecular weight excluding hydrogens is 393 g/mol. The number of benzene rings is 2. The Kier molecular flexibility index (Phi) is 9.04. The van der Waals surface area contributed by atoms with Gasteiger partial charge in [-0.15, -0.1) is 11.8 Å². The van der Waals surface area contributed by atoms with E-state index < -0.39 is 0 Å². The molecule has 0 radical (unpaired) electrons. The lowest BCUT2D eigenvalue weighted by Gasteiger charge is -2.12. The fourth-order valence-electron chi connectivity index (χ4n) is 2.11. The molecule has 25 heavy (non-hydrogen) atoms. The molecule has 1 atom stereocenters. The van der Waals surface area contributed by atoms with Gasteiger partial charge in [-0.1, -0.05) is 59.6 Å². The summed E-state index contributed by atoms with van der Waals surface area (Å²) >= 11 is 15.7. The first kappa shape index (κ1) is 20.5. The molecule has 0 saturated carbocycles. The SMILES string of the molecule is CC(SCc1ccccc1)C(=O)NCCSCc1c(Cl)cccc1Cl. The first-order valence-corrected chi connectivity index (χ1v) is 11.0. The maximum Gasteiger partial charge on any atom is 0.232 e. The van der Waals surface area contributed by atoms with Crippen molar-refractivity contribution in [2.75, 3.05) is 12.3 Å². The summed E-state index contributed by atoms with van der Waals surface area (Å²) in [5, 5.41) is 4.30. The van der Waals surface area contributed by atoms with E-state index in [-0.39, 0.29) is 11.2 Å². The largest absolute Gasteiger partial charge is 0.354 e. The second-order valence-corrected chi connectivity index (χ2v) is 8.73. The molecule has 2 rings (SSSR count). The topological polar surface area (TPSA) is 29.1 Å². The van der Waals surface area contributed by atoms with Gasteiger partial charge in [-0.3, -0.25) is 4.79 Å². The van der Waals surface area contributed by atoms with Gasteiger partial charge in [-0.05, 0) is 30.2 Å². The fraction of sp³-hybridized carbons (Fsp3) is 0.316. The van der Waals surface area contributed by atoms with Gasteiger partial charge in [0.2, 0.25) is 5.91 Å². The Bertz CT molecular complexity index is 662. The van der Waals surface area contributed by atoms with E-state index in [1.54, 1.807) is 23.5 Å². The van der Waals surface area contributed by atoms with Gasteiger partial charge in [0.1, 0.15) is 0 Å². The molecule has 134 valence electrons. The number of halogens is 2. The van der Waals surface area contributed by atoms with Crippen LogP contribution in [0.3, 0.4) is 0 Å². The minimum absolute atomic E-state index is 0.0665. The van der Waals surface area contributed by atoms with Gasteiger partial charge in [-0.25, -0.2) is 0 Å². The van der Waals surface area contributed by atoms with E-state index in [9.17, 15) is 4.79 Å². The number of carbonyl (C=O) groups excluding carboxylic acids is 1. The van der Waals surface area contributed by atoms with E-state index in [1.807, 2.05) is 43.3 Å². The van der Waals surface area contributed by atoms with Crippen molar-refractivity contribution >= 4 is 52.6 Å². The Balaban J connectivity index is 1.63. The molecule has 2 nitrogen and oxygen atoms in total. The Morgan fingerprint density at radius 1 is 1.04 bits per heavy atom. The molecule has 1 unspecified atom stereocenters. The molecular formula is C19H21Cl2NOS2. The van der Waals surface area contributed by atoms with E-state index in [1.165, 1.54) is 5.56 Å². The predicted octanol–water partition coefficient (Wildman–Crippen LogP) is 5.66. The number of thioether (sulfide) groups is 2. The summed E-state index contributed by atoms with van der Waals surface area (Å²) in [6, 6.07) is 15.7. The van der Waals surface area contributed by atoms with Crippen LogP contribution in [-0.2, 0) is 16.3 Å². The zero-order valence-corrected chi connectivity index (χ0v) is 17.2. The van der Waals surface area contributed by atoms with Crippen molar-refractivity contribution in [3.05, 3.63) is 69.7 Å². The Morgan fingerprint density at radius 3 is 2.40 bits per heavy atom. The summed E-state index contributed by atoms with van der Waals surface area (Å²) < 4.78 is 0. The third-order valence-electron chi connectivity index (χ3n) is 3.57. The first-order chi connectivity index (χ1) is 12.1. The van der Waals surface area contributed by atoms with Crippen LogP contribution in [0.2, 0.25) is 10.0 Å². The lowest BCUT2D eigenvalue weighted by Crippen LogP contribution is -2.32. The van der Waals surface area contributed by atoms with Crippen LogP contribution in [0.1, 0.15) is 18.1 Å². The zero-order chi connectivity index (χ0) is 18.1. The van der Waals surface area contributed by atoms with Crippen LogP contribution in [-0.4, -0.2) is 23.5 Å². The Hall–Kier alpha value is -0.810. The number of nitrogens with one attached hydrogen (secondary N) is 1. The summed E-state index contributed by atoms with van der Waals surface area (Å²) in [4.78, 5) is 12.1. The molecule has 2 aromatic rings. The Labute approximate surface area is 168 Å². The van der Waals surface area contributed by atoms with Crippen LogP contribution in [0.4, 0.5) is 0 Å². The summed E-state index contributed by atoms with van der Waals surface area (Å²) in [6.45, 7) is 2.58. The second kappa shape index (κ2) is 11.0. The molecule has 0 aliphatic rings. The fourth-order valence-corrected chi connectivity index (χ4v) is 4.57. The van der Waals surface area contributed by atoms with Crippen molar-refractivity contribution in [1.82, 2.24) is 5.32 Å². The van der Waals surface area contributed by atoms with E-state index in [4.69, 9.17) is 23.2 Å². The van der Waals surface area contributed by atoms with Gasteiger partial charge >= 0.3 is 0 Å². The van der Waals surface area contributed by atoms with E-state index in [0.29, 0.717) is 16.6 Å². The number of hydrogen-bond acceptors (Lipinski definition) is 3. The zero-order valence-electron chi connectivity index (χ0n) is 14.0. The summed E-state index contributed by atoms with van der Waals surface area (Å²) in [7, 11) is 0. The highest BCUT2D eigenvalue weighted by atomic mass is 35.5. The van der Waals surface area contributed by atoms with Crippen molar-refractivity contribution in [2.24, 2.45) is 0 Å². The maximum atomic E-state index is 12.1. The van der Waals surface area contributed by atoms with Gasteiger partial charge in [0, 0.05) is 33.8 Å². The van der Waals surface area contributed by atoms with Crippen LogP contribution < -0.4 is 5.32 Å². The van der Waals surface area contributed by atoms with Crippen LogP contribution in [0, 0.1) is 0 Å². The maximum absolute atomic E-state index is 12.1. The smallest absolute Gasteiger partial charge is 0.232 e. The highest BCUT2D eigenvalue weighted by Gasteiger charge is 2.12. The molecule has 0 bridgehead atoms. The minimum atomic E-state index is -0.0665. The number of hydrogen-bond donors (Lipinski definition) is 1. The quantitative estimate of drug-likeness (QED) is 0.537. The monoisotopic (exact) mass is 413 g/mol. The standard InChI is InChI=1S/C19H21Cl2NOS2/c1-14(25-12-15-6-3-2-4-7-15)19(23)22-10-11-24-13-16-17(20)8-5-9-18(16)21/h2-9,14H,10-13H2,1H3,(H,22,23). The highest BCUT2D eigenvalue weighted by molar-refractivity contribution is 7.99. The molecule has 2 aromatic carbocycles. The van der Waals surface area contributed by atoms with Crippen molar-refractivity contribution in [1.29, 1.82) is 0 Å². The first-order valence-electron chi connectivity index (χ1n) is 8.02. The molecule has 0 heterocycles. The van der Waals surface area contributed by atoms with E-state index >= 15 is 0 Å². The van der Waals surface area contributed by atoms with Gasteiger partial charge in [-0.2, -0.15) is 11.8 Å². The summed E-state index contributed by atoms with van der Waals surface area (Å²) in [5.74, 6) is 2.49. The van der Waals surface area contributed by atoms with Gasteiger partial charge < -0.3 is 5.32 Å². The Morgan fingerprint density at radius 2 is 1.72 bits per heavy atom. The molecule has 6 heteroatoms. The van der Waals surface area contributed by atoms with E-state index in [0.717, 1.165) is 22.8 Å². The van der Waals surface area contributed by atoms with Crippen LogP contribution in [0.15, 0.2) is 48.5 Å². The van der Waals surface area contributed by atoms with Crippen LogP contribution >= 0.6 is 46.7 Å². The van der Waals surface area contributed by atoms with Crippen molar-refractivity contribution < 1.29 is 4.79 Å². The van der Waals surface area contributed by atoms with E-state index in [2.05, 4.69) is 17.4 Å². The molecule has 0 aliphatic heterocycles.